The van der Waals surface area contributed by atoms with Crippen molar-refractivity contribution >= 4 is 17.8 Å². The number of alkyl carbamates (subject to hydrolysis) is 1. The van der Waals surface area contributed by atoms with Crippen LogP contribution in [0.1, 0.15) is 33.3 Å². The molecule has 8 nitrogen and oxygen atoms in total. The number of nitrogens with zero attached hydrogens (tertiary/aromatic N) is 1. The van der Waals surface area contributed by atoms with Gasteiger partial charge in [-0.05, 0) is 38.5 Å². The number of carbonyl (C=O) groups excluding carboxylic acids is 3. The van der Waals surface area contributed by atoms with E-state index in [1.807, 2.05) is 0 Å². The molecule has 0 spiro atoms. The first kappa shape index (κ1) is 24.0. The third kappa shape index (κ3) is 9.14. The highest BCUT2D eigenvalue weighted by Crippen LogP contribution is 2.17. The van der Waals surface area contributed by atoms with Crippen molar-refractivity contribution in [2.75, 3.05) is 21.2 Å². The number of carbonyl (C=O) groups is 3. The van der Waals surface area contributed by atoms with Crippen molar-refractivity contribution in [3.8, 4) is 5.75 Å². The van der Waals surface area contributed by atoms with E-state index in [-0.39, 0.29) is 18.0 Å². The third-order valence-electron chi connectivity index (χ3n) is 3.49. The van der Waals surface area contributed by atoms with Crippen molar-refractivity contribution in [2.24, 2.45) is 0 Å². The SMILES string of the molecule is COC(=O)[C@H](Cc1ccc(O/C(=C\N(C)C)C(C)=O)cc1)NC(=O)OC(C)(C)C. The molecule has 0 bridgehead atoms. The van der Waals surface area contributed by atoms with E-state index in [4.69, 9.17) is 14.2 Å². The number of allylic oxidation sites excluding steroid dienone is 1. The number of methoxy groups -OCH3 is 1. The Morgan fingerprint density at radius 2 is 1.72 bits per heavy atom. The molecule has 29 heavy (non-hydrogen) atoms. The number of ether oxygens (including phenoxy) is 3. The van der Waals surface area contributed by atoms with Crippen LogP contribution >= 0.6 is 0 Å². The van der Waals surface area contributed by atoms with Crippen LogP contribution in [0.5, 0.6) is 5.75 Å². The van der Waals surface area contributed by atoms with Gasteiger partial charge >= 0.3 is 12.1 Å². The standard InChI is InChI=1S/C21H30N2O6/c1-14(24)18(13-23(5)6)28-16-10-8-15(9-11-16)12-17(19(25)27-7)22-20(26)29-21(2,3)4/h8-11,13,17H,12H2,1-7H3,(H,22,26)/b18-13-/t17-/m0/s1. The molecule has 1 atom stereocenters. The zero-order valence-electron chi connectivity index (χ0n) is 18.1. The summed E-state index contributed by atoms with van der Waals surface area (Å²) < 4.78 is 15.6. The lowest BCUT2D eigenvalue weighted by Crippen LogP contribution is -2.45. The number of benzene rings is 1. The summed E-state index contributed by atoms with van der Waals surface area (Å²) >= 11 is 0. The molecular weight excluding hydrogens is 376 g/mol. The van der Waals surface area contributed by atoms with Gasteiger partial charge < -0.3 is 24.4 Å². The zero-order chi connectivity index (χ0) is 22.2. The van der Waals surface area contributed by atoms with Crippen LogP contribution in [-0.2, 0) is 25.5 Å². The fourth-order valence-corrected chi connectivity index (χ4v) is 2.27. The molecule has 0 unspecified atom stereocenters. The van der Waals surface area contributed by atoms with E-state index in [0.717, 1.165) is 5.56 Å². The Hall–Kier alpha value is -3.03. The summed E-state index contributed by atoms with van der Waals surface area (Å²) in [5.74, 6) is -0.0902. The molecule has 1 rings (SSSR count). The number of rotatable bonds is 8. The van der Waals surface area contributed by atoms with E-state index in [0.29, 0.717) is 5.75 Å². The number of ketones is 1. The average molecular weight is 406 g/mol. The number of esters is 1. The fourth-order valence-electron chi connectivity index (χ4n) is 2.27. The van der Waals surface area contributed by atoms with Gasteiger partial charge in [0, 0.05) is 33.6 Å². The van der Waals surface area contributed by atoms with E-state index >= 15 is 0 Å². The van der Waals surface area contributed by atoms with Crippen molar-refractivity contribution in [1.82, 2.24) is 10.2 Å². The van der Waals surface area contributed by atoms with Gasteiger partial charge in [0.15, 0.2) is 11.5 Å². The lowest BCUT2D eigenvalue weighted by atomic mass is 10.1. The van der Waals surface area contributed by atoms with Crippen LogP contribution in [0.4, 0.5) is 4.79 Å². The lowest BCUT2D eigenvalue weighted by molar-refractivity contribution is -0.143. The lowest BCUT2D eigenvalue weighted by Gasteiger charge is -2.22. The monoisotopic (exact) mass is 406 g/mol. The zero-order valence-corrected chi connectivity index (χ0v) is 18.1. The van der Waals surface area contributed by atoms with Crippen LogP contribution in [0.15, 0.2) is 36.2 Å². The minimum atomic E-state index is -0.900. The Balaban J connectivity index is 2.87. The summed E-state index contributed by atoms with van der Waals surface area (Å²) in [4.78, 5) is 37.4. The number of hydrogen-bond donors (Lipinski definition) is 1. The first-order chi connectivity index (χ1) is 13.4. The number of Topliss-reactive ketones (excluding diaryl/α,β-unsaturated/α-hetero) is 1. The van der Waals surface area contributed by atoms with Crippen LogP contribution in [0, 0.1) is 0 Å². The molecule has 1 N–H and O–H groups in total. The second-order valence-corrected chi connectivity index (χ2v) is 7.69. The molecule has 1 aromatic rings. The normalized spacial score (nSPS) is 12.6. The predicted molar refractivity (Wildman–Crippen MR) is 108 cm³/mol. The summed E-state index contributed by atoms with van der Waals surface area (Å²) in [5.41, 5.74) is 0.0860. The van der Waals surface area contributed by atoms with E-state index in [1.54, 1.807) is 70.2 Å². The molecule has 0 saturated carbocycles. The Morgan fingerprint density at radius 3 is 2.17 bits per heavy atom. The maximum atomic E-state index is 12.0. The maximum absolute atomic E-state index is 12.0. The number of amides is 1. The highest BCUT2D eigenvalue weighted by Gasteiger charge is 2.25. The topological polar surface area (TPSA) is 94.2 Å². The summed E-state index contributed by atoms with van der Waals surface area (Å²) in [6.45, 7) is 6.63. The molecule has 160 valence electrons. The van der Waals surface area contributed by atoms with Crippen molar-refractivity contribution < 1.29 is 28.6 Å². The molecule has 0 saturated heterocycles. The molecule has 8 heteroatoms. The first-order valence-electron chi connectivity index (χ1n) is 9.14. The van der Waals surface area contributed by atoms with Gasteiger partial charge in [-0.15, -0.1) is 0 Å². The molecule has 0 aromatic heterocycles. The van der Waals surface area contributed by atoms with E-state index in [9.17, 15) is 14.4 Å². The minimum absolute atomic E-state index is 0.199. The second-order valence-electron chi connectivity index (χ2n) is 7.69. The van der Waals surface area contributed by atoms with E-state index in [1.165, 1.54) is 14.0 Å². The highest BCUT2D eigenvalue weighted by atomic mass is 16.6. The molecule has 0 fully saturated rings. The summed E-state index contributed by atoms with van der Waals surface area (Å²) in [7, 11) is 4.84. The van der Waals surface area contributed by atoms with Crippen LogP contribution < -0.4 is 10.1 Å². The first-order valence-corrected chi connectivity index (χ1v) is 9.14. The van der Waals surface area contributed by atoms with Crippen molar-refractivity contribution in [3.63, 3.8) is 0 Å². The fraction of sp³-hybridized carbons (Fsp3) is 0.476. The molecule has 0 radical (unpaired) electrons. The largest absolute Gasteiger partial charge is 0.467 e. The molecule has 1 amide bonds. The predicted octanol–water partition coefficient (Wildman–Crippen LogP) is 2.67. The maximum Gasteiger partial charge on any atom is 0.408 e. The van der Waals surface area contributed by atoms with Crippen LogP contribution in [-0.4, -0.2) is 55.6 Å². The molecule has 0 aliphatic rings. The molecule has 0 aliphatic carbocycles. The third-order valence-corrected chi connectivity index (χ3v) is 3.49. The van der Waals surface area contributed by atoms with E-state index < -0.39 is 23.7 Å². The Morgan fingerprint density at radius 1 is 1.14 bits per heavy atom. The Bertz CT molecular complexity index is 747. The van der Waals surface area contributed by atoms with Crippen molar-refractivity contribution in [3.05, 3.63) is 41.8 Å². The van der Waals surface area contributed by atoms with Gasteiger partial charge in [-0.3, -0.25) is 4.79 Å². The van der Waals surface area contributed by atoms with Crippen LogP contribution in [0.25, 0.3) is 0 Å². The van der Waals surface area contributed by atoms with Gasteiger partial charge in [-0.25, -0.2) is 9.59 Å². The van der Waals surface area contributed by atoms with Gasteiger partial charge in [0.25, 0.3) is 0 Å². The van der Waals surface area contributed by atoms with Gasteiger partial charge in [0.05, 0.1) is 7.11 Å². The quantitative estimate of drug-likeness (QED) is 0.403. The van der Waals surface area contributed by atoms with Gasteiger partial charge in [-0.2, -0.15) is 0 Å². The summed E-state index contributed by atoms with van der Waals surface area (Å²) in [5, 5.41) is 2.53. The molecule has 1 aromatic carbocycles. The smallest absolute Gasteiger partial charge is 0.408 e. The van der Waals surface area contributed by atoms with Crippen LogP contribution in [0.2, 0.25) is 0 Å². The molecular formula is C21H30N2O6. The van der Waals surface area contributed by atoms with Gasteiger partial charge in [0.1, 0.15) is 17.4 Å². The molecule has 0 aliphatic heterocycles. The van der Waals surface area contributed by atoms with Crippen molar-refractivity contribution in [1.29, 1.82) is 0 Å². The number of nitrogens with one attached hydrogen (secondary N) is 1. The Labute approximate surface area is 171 Å². The minimum Gasteiger partial charge on any atom is -0.467 e. The summed E-state index contributed by atoms with van der Waals surface area (Å²) in [6.07, 6.45) is 1.10. The number of hydrogen-bond acceptors (Lipinski definition) is 7. The van der Waals surface area contributed by atoms with Crippen molar-refractivity contribution in [2.45, 2.75) is 45.8 Å². The Kier molecular flexibility index (Phi) is 8.69. The molecule has 0 heterocycles. The van der Waals surface area contributed by atoms with E-state index in [2.05, 4.69) is 5.32 Å². The average Bonchev–Trinajstić information content (AvgIpc) is 2.59. The second kappa shape index (κ2) is 10.5. The van der Waals surface area contributed by atoms with Gasteiger partial charge in [0.2, 0.25) is 0 Å². The van der Waals surface area contributed by atoms with Crippen LogP contribution in [0.3, 0.4) is 0 Å². The van der Waals surface area contributed by atoms with Gasteiger partial charge in [-0.1, -0.05) is 12.1 Å². The summed E-state index contributed by atoms with van der Waals surface area (Å²) in [6, 6.07) is 5.96. The highest BCUT2D eigenvalue weighted by molar-refractivity contribution is 5.91.